The van der Waals surface area contributed by atoms with Gasteiger partial charge in [-0.1, -0.05) is 158 Å². The van der Waals surface area contributed by atoms with Crippen molar-refractivity contribution in [3.63, 3.8) is 0 Å². The first-order chi connectivity index (χ1) is 27.2. The van der Waals surface area contributed by atoms with Crippen LogP contribution in [0.25, 0.3) is 76.5 Å². The van der Waals surface area contributed by atoms with E-state index >= 15 is 0 Å². The largest absolute Gasteiger partial charge is 0.455 e. The molecule has 0 spiro atoms. The zero-order valence-corrected chi connectivity index (χ0v) is 29.8. The predicted octanol–water partition coefficient (Wildman–Crippen LogP) is 12.9. The van der Waals surface area contributed by atoms with Crippen molar-refractivity contribution in [2.75, 3.05) is 0 Å². The Kier molecular flexibility index (Phi) is 7.20. The zero-order valence-electron chi connectivity index (χ0n) is 29.8. The Balaban J connectivity index is 1.09. The molecular weight excluding hydrogens is 671 g/mol. The second-order valence-electron chi connectivity index (χ2n) is 14.2. The van der Waals surface area contributed by atoms with E-state index in [4.69, 9.17) is 14.4 Å². The summed E-state index contributed by atoms with van der Waals surface area (Å²) in [5.41, 5.74) is 9.17. The number of hydrogen-bond acceptors (Lipinski definition) is 4. The van der Waals surface area contributed by atoms with Gasteiger partial charge in [-0.2, -0.15) is 0 Å². The number of aliphatic imine (C=N–C) groups is 2. The molecule has 11 rings (SSSR count). The Hall–Kier alpha value is -7.30. The smallest absolute Gasteiger partial charge is 0.159 e. The molecule has 1 aromatic heterocycles. The summed E-state index contributed by atoms with van der Waals surface area (Å²) in [5, 5.41) is 13.0. The van der Waals surface area contributed by atoms with Gasteiger partial charge in [0.25, 0.3) is 0 Å². The summed E-state index contributed by atoms with van der Waals surface area (Å²) in [5.74, 6) is 1.44. The highest BCUT2D eigenvalue weighted by atomic mass is 16.3. The third-order valence-corrected chi connectivity index (χ3v) is 10.9. The number of amidine groups is 2. The molecule has 9 aromatic carbocycles. The third kappa shape index (κ3) is 5.38. The standard InChI is InChI=1S/C51H33N3O/c1-2-10-32(11-3-1)34-18-21-36(22-19-34)42-28-29-44(47-43-16-8-9-17-46(43)55-48(42)47)51-53-49(39-26-20-33-12-4-5-14-38(33)30-39)52-50(54-51)40-27-25-37-24-23-35-13-6-7-15-41(35)45(37)31-40/h1-31,50H,(H,52,53,54). The molecule has 4 heteroatoms. The maximum atomic E-state index is 6.73. The number of furan rings is 1. The topological polar surface area (TPSA) is 49.9 Å². The summed E-state index contributed by atoms with van der Waals surface area (Å²) in [4.78, 5) is 10.6. The molecule has 0 saturated heterocycles. The maximum Gasteiger partial charge on any atom is 0.159 e. The van der Waals surface area contributed by atoms with E-state index in [9.17, 15) is 0 Å². The van der Waals surface area contributed by atoms with Crippen molar-refractivity contribution >= 4 is 65.9 Å². The van der Waals surface area contributed by atoms with Crippen molar-refractivity contribution in [2.45, 2.75) is 6.17 Å². The van der Waals surface area contributed by atoms with Crippen LogP contribution in [0.3, 0.4) is 0 Å². The van der Waals surface area contributed by atoms with E-state index in [1.807, 2.05) is 18.2 Å². The fourth-order valence-electron chi connectivity index (χ4n) is 8.13. The summed E-state index contributed by atoms with van der Waals surface area (Å²) < 4.78 is 6.73. The number of hydrogen-bond donors (Lipinski definition) is 1. The molecule has 10 aromatic rings. The second-order valence-corrected chi connectivity index (χ2v) is 14.2. The van der Waals surface area contributed by atoms with Gasteiger partial charge < -0.3 is 9.73 Å². The van der Waals surface area contributed by atoms with E-state index in [1.165, 1.54) is 38.1 Å². The normalized spacial score (nSPS) is 14.4. The summed E-state index contributed by atoms with van der Waals surface area (Å²) in [6.07, 6.45) is -0.379. The van der Waals surface area contributed by atoms with Gasteiger partial charge in [0, 0.05) is 27.5 Å². The van der Waals surface area contributed by atoms with Crippen LogP contribution in [0.1, 0.15) is 22.9 Å². The molecule has 258 valence electrons. The Labute approximate surface area is 317 Å². The van der Waals surface area contributed by atoms with Crippen molar-refractivity contribution in [3.8, 4) is 22.3 Å². The predicted molar refractivity (Wildman–Crippen MR) is 229 cm³/mol. The van der Waals surface area contributed by atoms with E-state index in [1.54, 1.807) is 0 Å². The number of fused-ring (bicyclic) bond motifs is 7. The van der Waals surface area contributed by atoms with E-state index < -0.39 is 0 Å². The van der Waals surface area contributed by atoms with Crippen molar-refractivity contribution < 1.29 is 4.42 Å². The Morgan fingerprint density at radius 2 is 1.05 bits per heavy atom. The van der Waals surface area contributed by atoms with Gasteiger partial charge in [-0.05, 0) is 84.9 Å². The quantitative estimate of drug-likeness (QED) is 0.181. The molecule has 55 heavy (non-hydrogen) atoms. The maximum absolute atomic E-state index is 6.73. The van der Waals surface area contributed by atoms with Crippen molar-refractivity contribution in [2.24, 2.45) is 9.98 Å². The first-order valence-electron chi connectivity index (χ1n) is 18.7. The minimum atomic E-state index is -0.379. The molecule has 0 fully saturated rings. The van der Waals surface area contributed by atoms with E-state index in [0.29, 0.717) is 5.84 Å². The molecule has 2 heterocycles. The number of nitrogens with one attached hydrogen (secondary N) is 1. The highest BCUT2D eigenvalue weighted by Gasteiger charge is 2.25. The van der Waals surface area contributed by atoms with Gasteiger partial charge in [0.1, 0.15) is 23.2 Å². The first-order valence-corrected chi connectivity index (χ1v) is 18.7. The average molecular weight is 704 g/mol. The van der Waals surface area contributed by atoms with E-state index in [-0.39, 0.29) is 6.17 Å². The van der Waals surface area contributed by atoms with Crippen LogP contribution in [0.2, 0.25) is 0 Å². The van der Waals surface area contributed by atoms with E-state index in [2.05, 4.69) is 175 Å². The number of para-hydroxylation sites is 1. The summed E-state index contributed by atoms with van der Waals surface area (Å²) in [6, 6.07) is 66.4. The van der Waals surface area contributed by atoms with Gasteiger partial charge in [0.05, 0.1) is 0 Å². The zero-order chi connectivity index (χ0) is 36.3. The lowest BCUT2D eigenvalue weighted by Gasteiger charge is -2.24. The van der Waals surface area contributed by atoms with Gasteiger partial charge >= 0.3 is 0 Å². The van der Waals surface area contributed by atoms with E-state index in [0.717, 1.165) is 61.0 Å². The van der Waals surface area contributed by atoms with Crippen LogP contribution in [-0.4, -0.2) is 11.7 Å². The lowest BCUT2D eigenvalue weighted by Crippen LogP contribution is -2.33. The van der Waals surface area contributed by atoms with Crippen LogP contribution in [0.15, 0.2) is 202 Å². The van der Waals surface area contributed by atoms with Crippen LogP contribution < -0.4 is 5.32 Å². The van der Waals surface area contributed by atoms with Crippen LogP contribution in [-0.2, 0) is 0 Å². The first kappa shape index (κ1) is 31.2. The molecule has 0 aliphatic carbocycles. The Morgan fingerprint density at radius 3 is 1.91 bits per heavy atom. The van der Waals surface area contributed by atoms with Crippen molar-refractivity contribution in [3.05, 3.63) is 205 Å². The van der Waals surface area contributed by atoms with Crippen LogP contribution in [0, 0.1) is 0 Å². The highest BCUT2D eigenvalue weighted by molar-refractivity contribution is 6.23. The number of benzene rings is 9. The molecule has 1 N–H and O–H groups in total. The molecule has 0 radical (unpaired) electrons. The van der Waals surface area contributed by atoms with Crippen molar-refractivity contribution in [1.82, 2.24) is 5.32 Å². The van der Waals surface area contributed by atoms with Gasteiger partial charge in [-0.25, -0.2) is 9.98 Å². The van der Waals surface area contributed by atoms with Gasteiger partial charge in [0.2, 0.25) is 0 Å². The van der Waals surface area contributed by atoms with Crippen LogP contribution >= 0.6 is 0 Å². The lowest BCUT2D eigenvalue weighted by atomic mass is 9.95. The van der Waals surface area contributed by atoms with Gasteiger partial charge in [-0.15, -0.1) is 0 Å². The number of nitrogens with zero attached hydrogens (tertiary/aromatic N) is 2. The van der Waals surface area contributed by atoms with Crippen LogP contribution in [0.4, 0.5) is 0 Å². The summed E-state index contributed by atoms with van der Waals surface area (Å²) in [7, 11) is 0. The van der Waals surface area contributed by atoms with Crippen LogP contribution in [0.5, 0.6) is 0 Å². The summed E-state index contributed by atoms with van der Waals surface area (Å²) >= 11 is 0. The fraction of sp³-hybridized carbons (Fsp3) is 0.0196. The monoisotopic (exact) mass is 703 g/mol. The number of rotatable bonds is 5. The third-order valence-electron chi connectivity index (χ3n) is 10.9. The fourth-order valence-corrected chi connectivity index (χ4v) is 8.13. The van der Waals surface area contributed by atoms with Gasteiger partial charge in [0.15, 0.2) is 5.84 Å². The average Bonchev–Trinajstić information content (AvgIpc) is 3.66. The second kappa shape index (κ2) is 12.7. The minimum absolute atomic E-state index is 0.379. The Morgan fingerprint density at radius 1 is 0.436 bits per heavy atom. The van der Waals surface area contributed by atoms with Crippen molar-refractivity contribution in [1.29, 1.82) is 0 Å². The molecule has 0 saturated carbocycles. The molecule has 0 amide bonds. The highest BCUT2D eigenvalue weighted by Crippen LogP contribution is 2.40. The molecule has 1 aliphatic rings. The molecular formula is C51H33N3O. The molecule has 4 nitrogen and oxygen atoms in total. The molecule has 0 bridgehead atoms. The Bertz CT molecular complexity index is 3170. The lowest BCUT2D eigenvalue weighted by molar-refractivity contribution is 0.669. The molecule has 1 aliphatic heterocycles. The SMILES string of the molecule is c1ccc(-c2ccc(-c3ccc(C4=NC(c5ccc6ccccc6c5)=NC(c5ccc6ccc7ccccc7c6c5)N4)c4c3oc3ccccc34)cc2)cc1. The molecule has 1 unspecified atom stereocenters. The molecule has 1 atom stereocenters. The minimum Gasteiger partial charge on any atom is -0.455 e. The van der Waals surface area contributed by atoms with Gasteiger partial charge in [-0.3, -0.25) is 0 Å². The summed E-state index contributed by atoms with van der Waals surface area (Å²) in [6.45, 7) is 0.